The van der Waals surface area contributed by atoms with Gasteiger partial charge in [0.15, 0.2) is 12.6 Å². The molecule has 0 amide bonds. The molecule has 4 aromatic carbocycles. The molecule has 260 valence electrons. The van der Waals surface area contributed by atoms with Crippen molar-refractivity contribution in [2.45, 2.75) is 95.4 Å². The first kappa shape index (κ1) is 35.4. The minimum Gasteiger partial charge on any atom is -0.371 e. The van der Waals surface area contributed by atoms with E-state index >= 15 is 0 Å². The van der Waals surface area contributed by atoms with Gasteiger partial charge in [0.2, 0.25) is 0 Å². The van der Waals surface area contributed by atoms with Gasteiger partial charge in [0.1, 0.15) is 24.4 Å². The zero-order valence-corrected chi connectivity index (χ0v) is 28.4. The molecule has 0 radical (unpaired) electrons. The molecule has 8 heteroatoms. The van der Waals surface area contributed by atoms with Crippen LogP contribution in [0.5, 0.6) is 0 Å². The Kier molecular flexibility index (Phi) is 13.4. The van der Waals surface area contributed by atoms with Crippen LogP contribution < -0.4 is 0 Å². The van der Waals surface area contributed by atoms with Crippen molar-refractivity contribution in [1.29, 1.82) is 0 Å². The van der Waals surface area contributed by atoms with Gasteiger partial charge in [-0.15, -0.1) is 0 Å². The molecule has 0 saturated carbocycles. The van der Waals surface area contributed by atoms with Crippen LogP contribution in [0.4, 0.5) is 0 Å². The van der Waals surface area contributed by atoms with Crippen molar-refractivity contribution in [3.8, 4) is 0 Å². The van der Waals surface area contributed by atoms with Crippen LogP contribution in [0.2, 0.25) is 0 Å². The summed E-state index contributed by atoms with van der Waals surface area (Å²) in [6, 6.07) is 40.5. The van der Waals surface area contributed by atoms with E-state index in [9.17, 15) is 0 Å². The SMILES string of the molecule is CO[C@H]1O[C@H](CO[C@H]2CC[C@@H](OCc3ccccc3)[C@H](C)O2)[C@@H](OCc2ccccc2)[C@H](OCc2ccccc2)[C@H]1OCc1ccccc1. The smallest absolute Gasteiger partial charge is 0.186 e. The second kappa shape index (κ2) is 18.5. The Balaban J connectivity index is 1.16. The number of benzene rings is 4. The van der Waals surface area contributed by atoms with Gasteiger partial charge < -0.3 is 37.9 Å². The lowest BCUT2D eigenvalue weighted by atomic mass is 9.97. The summed E-state index contributed by atoms with van der Waals surface area (Å²) < 4.78 is 51.4. The van der Waals surface area contributed by atoms with Gasteiger partial charge >= 0.3 is 0 Å². The Morgan fingerprint density at radius 3 is 1.43 bits per heavy atom. The van der Waals surface area contributed by atoms with Gasteiger partial charge in [-0.2, -0.15) is 0 Å². The minimum absolute atomic E-state index is 0.0101. The van der Waals surface area contributed by atoms with Crippen molar-refractivity contribution < 1.29 is 37.9 Å². The fourth-order valence-corrected chi connectivity index (χ4v) is 6.32. The van der Waals surface area contributed by atoms with Crippen LogP contribution in [0.25, 0.3) is 0 Å². The van der Waals surface area contributed by atoms with Gasteiger partial charge in [0.05, 0.1) is 45.2 Å². The molecule has 49 heavy (non-hydrogen) atoms. The van der Waals surface area contributed by atoms with Crippen molar-refractivity contribution in [2.24, 2.45) is 0 Å². The van der Waals surface area contributed by atoms with Gasteiger partial charge in [-0.3, -0.25) is 0 Å². The van der Waals surface area contributed by atoms with Crippen LogP contribution in [0, 0.1) is 0 Å². The number of hydrogen-bond donors (Lipinski definition) is 0. The highest BCUT2D eigenvalue weighted by Crippen LogP contribution is 2.32. The van der Waals surface area contributed by atoms with Crippen LogP contribution in [0.15, 0.2) is 121 Å². The van der Waals surface area contributed by atoms with Crippen molar-refractivity contribution in [3.63, 3.8) is 0 Å². The van der Waals surface area contributed by atoms with Gasteiger partial charge in [0, 0.05) is 13.5 Å². The van der Waals surface area contributed by atoms with Gasteiger partial charge in [-0.1, -0.05) is 121 Å². The molecule has 4 aromatic rings. The topological polar surface area (TPSA) is 73.8 Å². The van der Waals surface area contributed by atoms with Crippen molar-refractivity contribution >= 4 is 0 Å². The highest BCUT2D eigenvalue weighted by atomic mass is 16.7. The molecule has 0 bridgehead atoms. The molecule has 0 spiro atoms. The highest BCUT2D eigenvalue weighted by molar-refractivity contribution is 5.16. The Bertz CT molecular complexity index is 1470. The summed E-state index contributed by atoms with van der Waals surface area (Å²) in [7, 11) is 1.63. The lowest BCUT2D eigenvalue weighted by Crippen LogP contribution is -2.61. The summed E-state index contributed by atoms with van der Waals surface area (Å²) in [4.78, 5) is 0. The summed E-state index contributed by atoms with van der Waals surface area (Å²) in [5.74, 6) is 0. The summed E-state index contributed by atoms with van der Waals surface area (Å²) in [6.45, 7) is 3.93. The third-order valence-corrected chi connectivity index (χ3v) is 9.01. The number of rotatable bonds is 16. The third-order valence-electron chi connectivity index (χ3n) is 9.01. The molecule has 0 aromatic heterocycles. The average molecular weight is 669 g/mol. The maximum Gasteiger partial charge on any atom is 0.186 e. The van der Waals surface area contributed by atoms with Gasteiger partial charge in [-0.25, -0.2) is 0 Å². The molecule has 2 aliphatic rings. The van der Waals surface area contributed by atoms with E-state index in [4.69, 9.17) is 37.9 Å². The van der Waals surface area contributed by atoms with Gasteiger partial charge in [0.25, 0.3) is 0 Å². The second-order valence-electron chi connectivity index (χ2n) is 12.6. The Morgan fingerprint density at radius 2 is 0.959 bits per heavy atom. The lowest BCUT2D eigenvalue weighted by molar-refractivity contribution is -0.330. The van der Waals surface area contributed by atoms with Crippen LogP contribution in [0.3, 0.4) is 0 Å². The molecule has 6 rings (SSSR count). The Labute approximate surface area is 290 Å². The van der Waals surface area contributed by atoms with E-state index in [1.54, 1.807) is 7.11 Å². The molecule has 0 unspecified atom stereocenters. The molecular weight excluding hydrogens is 620 g/mol. The van der Waals surface area contributed by atoms with E-state index in [0.717, 1.165) is 28.7 Å². The van der Waals surface area contributed by atoms with Crippen molar-refractivity contribution in [3.05, 3.63) is 144 Å². The normalized spacial score (nSPS) is 27.1. The zero-order chi connectivity index (χ0) is 33.7. The molecule has 0 N–H and O–H groups in total. The van der Waals surface area contributed by atoms with E-state index in [-0.39, 0.29) is 18.8 Å². The van der Waals surface area contributed by atoms with Crippen LogP contribution in [-0.4, -0.2) is 62.9 Å². The van der Waals surface area contributed by atoms with Crippen LogP contribution >= 0.6 is 0 Å². The first-order valence-corrected chi connectivity index (χ1v) is 17.2. The fraction of sp³-hybridized carbons (Fsp3) is 0.415. The second-order valence-corrected chi connectivity index (χ2v) is 12.6. The van der Waals surface area contributed by atoms with E-state index in [1.807, 2.05) is 116 Å². The average Bonchev–Trinajstić information content (AvgIpc) is 3.16. The maximum atomic E-state index is 6.71. The predicted octanol–water partition coefficient (Wildman–Crippen LogP) is 7.24. The third kappa shape index (κ3) is 10.3. The first-order chi connectivity index (χ1) is 24.2. The Hall–Kier alpha value is -3.44. The fourth-order valence-electron chi connectivity index (χ4n) is 6.32. The van der Waals surface area contributed by atoms with Gasteiger partial charge in [-0.05, 0) is 35.6 Å². The monoisotopic (exact) mass is 668 g/mol. The predicted molar refractivity (Wildman–Crippen MR) is 185 cm³/mol. The number of ether oxygens (including phenoxy) is 8. The molecule has 2 fully saturated rings. The van der Waals surface area contributed by atoms with E-state index in [2.05, 4.69) is 12.1 Å². The van der Waals surface area contributed by atoms with Crippen LogP contribution in [-0.2, 0) is 64.3 Å². The Morgan fingerprint density at radius 1 is 0.510 bits per heavy atom. The summed E-state index contributed by atoms with van der Waals surface area (Å²) >= 11 is 0. The molecular formula is C41H48O8. The molecule has 8 nitrogen and oxygen atoms in total. The minimum atomic E-state index is -0.711. The van der Waals surface area contributed by atoms with Crippen molar-refractivity contribution in [1.82, 2.24) is 0 Å². The highest BCUT2D eigenvalue weighted by Gasteiger charge is 2.49. The quantitative estimate of drug-likeness (QED) is 0.124. The number of methoxy groups -OCH3 is 1. The molecule has 0 aliphatic carbocycles. The standard InChI is InChI=1S/C41H48O8/c1-30-35(43-25-31-15-7-3-8-16-31)23-24-37(48-30)44-29-36-38(45-26-32-17-9-4-10-18-32)39(46-27-33-19-11-5-12-20-33)40(41(42-2)49-36)47-28-34-21-13-6-14-22-34/h3-22,30,35-41H,23-29H2,1-2H3/t30-,35+,36+,37+,38+,39-,40+,41-/m0/s1. The first-order valence-electron chi connectivity index (χ1n) is 17.2. The number of hydrogen-bond acceptors (Lipinski definition) is 8. The van der Waals surface area contributed by atoms with Crippen LogP contribution in [0.1, 0.15) is 42.0 Å². The molecule has 2 saturated heterocycles. The summed E-state index contributed by atoms with van der Waals surface area (Å²) in [5.41, 5.74) is 4.28. The van der Waals surface area contributed by atoms with E-state index in [1.165, 1.54) is 0 Å². The zero-order valence-electron chi connectivity index (χ0n) is 28.4. The lowest BCUT2D eigenvalue weighted by Gasteiger charge is -2.46. The van der Waals surface area contributed by atoms with Crippen molar-refractivity contribution in [2.75, 3.05) is 13.7 Å². The molecule has 2 aliphatic heterocycles. The van der Waals surface area contributed by atoms with E-state index in [0.29, 0.717) is 32.8 Å². The summed E-state index contributed by atoms with van der Waals surface area (Å²) in [6.07, 6.45) is -1.85. The summed E-state index contributed by atoms with van der Waals surface area (Å²) in [5, 5.41) is 0. The van der Waals surface area contributed by atoms with E-state index < -0.39 is 37.0 Å². The largest absolute Gasteiger partial charge is 0.371 e. The molecule has 8 atom stereocenters. The maximum absolute atomic E-state index is 6.71. The molecule has 2 heterocycles.